The summed E-state index contributed by atoms with van der Waals surface area (Å²) in [5, 5.41) is 22.5. The van der Waals surface area contributed by atoms with Crippen LogP contribution in [0.4, 0.5) is 0 Å². The van der Waals surface area contributed by atoms with Crippen molar-refractivity contribution in [1.29, 1.82) is 5.39 Å². The lowest BCUT2D eigenvalue weighted by Gasteiger charge is -2.18. The summed E-state index contributed by atoms with van der Waals surface area (Å²) in [6.45, 7) is 4.36. The van der Waals surface area contributed by atoms with Gasteiger partial charge >= 0.3 is 5.08 Å². The molecule has 24 heavy (non-hydrogen) atoms. The zero-order chi connectivity index (χ0) is 17.6. The van der Waals surface area contributed by atoms with E-state index in [1.807, 2.05) is 12.2 Å². The Balaban J connectivity index is 2.86. The van der Waals surface area contributed by atoms with Crippen LogP contribution in [0.25, 0.3) is 10.6 Å². The lowest BCUT2D eigenvalue weighted by molar-refractivity contribution is 0.667. The molecule has 0 aromatic rings. The van der Waals surface area contributed by atoms with Gasteiger partial charge in [0.15, 0.2) is 10.8 Å². The minimum absolute atomic E-state index is 0.677. The highest BCUT2D eigenvalue weighted by Gasteiger charge is 2.18. The van der Waals surface area contributed by atoms with Gasteiger partial charge in [-0.05, 0) is 48.6 Å². The molecule has 0 aliphatic heterocycles. The van der Waals surface area contributed by atoms with Crippen LogP contribution < -0.4 is 0 Å². The Labute approximate surface area is 144 Å². The highest BCUT2D eigenvalue weighted by atomic mass is 15.3. The lowest BCUT2D eigenvalue weighted by atomic mass is 9.90. The van der Waals surface area contributed by atoms with Crippen molar-refractivity contribution < 1.29 is 0 Å². The maximum atomic E-state index is 8.84. The normalized spacial score (nSPS) is 17.5. The SMILES string of the molecule is CCCCCCC1=CC(=N\[N+]#N)/C(CCCCCC)=CC/1=N\N=[N-]. The van der Waals surface area contributed by atoms with Gasteiger partial charge in [0.2, 0.25) is 0 Å². The summed E-state index contributed by atoms with van der Waals surface area (Å²) in [7, 11) is 0. The number of diazo groups is 1. The molecule has 0 aromatic heterocycles. The average molecular weight is 328 g/mol. The zero-order valence-corrected chi connectivity index (χ0v) is 14.9. The second kappa shape index (κ2) is 12.3. The summed E-state index contributed by atoms with van der Waals surface area (Å²) < 4.78 is 0. The van der Waals surface area contributed by atoms with Gasteiger partial charge in [-0.3, -0.25) is 5.22 Å². The summed E-state index contributed by atoms with van der Waals surface area (Å²) in [6.07, 6.45) is 14.7. The Kier molecular flexibility index (Phi) is 10.2. The molecule has 1 aliphatic rings. The quantitative estimate of drug-likeness (QED) is 0.142. The molecule has 1 aliphatic carbocycles. The molecule has 0 spiro atoms. The second-order valence-corrected chi connectivity index (χ2v) is 6.11. The van der Waals surface area contributed by atoms with E-state index < -0.39 is 0 Å². The van der Waals surface area contributed by atoms with Crippen molar-refractivity contribution in [1.82, 2.24) is 0 Å². The van der Waals surface area contributed by atoms with Gasteiger partial charge in [-0.2, -0.15) is 0 Å². The number of rotatable bonds is 11. The lowest BCUT2D eigenvalue weighted by Crippen LogP contribution is -2.14. The first-order valence-corrected chi connectivity index (χ1v) is 9.02. The van der Waals surface area contributed by atoms with Crippen LogP contribution in [-0.2, 0) is 0 Å². The highest BCUT2D eigenvalue weighted by Crippen LogP contribution is 2.23. The van der Waals surface area contributed by atoms with Crippen molar-refractivity contribution in [2.45, 2.75) is 78.1 Å². The van der Waals surface area contributed by atoms with E-state index in [1.165, 1.54) is 25.7 Å². The van der Waals surface area contributed by atoms with E-state index in [2.05, 4.69) is 34.4 Å². The minimum Gasteiger partial charge on any atom is -0.362 e. The molecule has 6 heteroatoms. The summed E-state index contributed by atoms with van der Waals surface area (Å²) in [5.74, 6) is 0. The first-order chi connectivity index (χ1) is 11.8. The molecule has 0 heterocycles. The van der Waals surface area contributed by atoms with Crippen LogP contribution in [0.2, 0.25) is 0 Å². The first kappa shape index (κ1) is 19.9. The van der Waals surface area contributed by atoms with E-state index in [9.17, 15) is 0 Å². The molecular formula is C18H28N6. The third-order valence-corrected chi connectivity index (χ3v) is 4.18. The van der Waals surface area contributed by atoms with Gasteiger partial charge in [0.05, 0.1) is 0 Å². The molecule has 0 amide bonds. The molecule has 0 bridgehead atoms. The second-order valence-electron chi connectivity index (χ2n) is 6.11. The van der Waals surface area contributed by atoms with E-state index in [-0.39, 0.29) is 0 Å². The van der Waals surface area contributed by atoms with Crippen LogP contribution >= 0.6 is 0 Å². The van der Waals surface area contributed by atoms with Crippen molar-refractivity contribution in [2.24, 2.45) is 15.4 Å². The number of unbranched alkanes of at least 4 members (excludes halogenated alkanes) is 6. The molecule has 0 aromatic carbocycles. The summed E-state index contributed by atoms with van der Waals surface area (Å²) in [5.41, 5.74) is 12.1. The molecule has 0 N–H and O–H groups in total. The van der Waals surface area contributed by atoms with Crippen LogP contribution in [0.5, 0.6) is 0 Å². The highest BCUT2D eigenvalue weighted by molar-refractivity contribution is 6.23. The van der Waals surface area contributed by atoms with Crippen LogP contribution in [-0.4, -0.2) is 11.4 Å². The van der Waals surface area contributed by atoms with E-state index >= 15 is 0 Å². The van der Waals surface area contributed by atoms with Crippen LogP contribution in [0.1, 0.15) is 78.1 Å². The van der Waals surface area contributed by atoms with E-state index in [0.29, 0.717) is 11.4 Å². The number of allylic oxidation sites excluding steroid dienone is 4. The maximum absolute atomic E-state index is 8.84. The van der Waals surface area contributed by atoms with Gasteiger partial charge in [0.1, 0.15) is 0 Å². The first-order valence-electron chi connectivity index (χ1n) is 9.02. The topological polar surface area (TPSA) is 87.5 Å². The summed E-state index contributed by atoms with van der Waals surface area (Å²) in [6, 6.07) is 0. The van der Waals surface area contributed by atoms with E-state index in [1.54, 1.807) is 0 Å². The molecule has 0 unspecified atom stereocenters. The third-order valence-electron chi connectivity index (χ3n) is 4.18. The number of hydrogen-bond acceptors (Lipinski definition) is 3. The predicted octanol–water partition coefficient (Wildman–Crippen LogP) is 6.38. The summed E-state index contributed by atoms with van der Waals surface area (Å²) >= 11 is 0. The van der Waals surface area contributed by atoms with Gasteiger partial charge in [0.25, 0.3) is 5.39 Å². The minimum atomic E-state index is 0.677. The third kappa shape index (κ3) is 6.95. The molecule has 0 radical (unpaired) electrons. The molecule has 0 atom stereocenters. The van der Waals surface area contributed by atoms with Crippen LogP contribution in [0.3, 0.4) is 0 Å². The van der Waals surface area contributed by atoms with Gasteiger partial charge in [0, 0.05) is 0 Å². The molecule has 0 fully saturated rings. The Morgan fingerprint density at radius 1 is 0.875 bits per heavy atom. The molecule has 130 valence electrons. The van der Waals surface area contributed by atoms with Crippen molar-refractivity contribution >= 4 is 11.4 Å². The Morgan fingerprint density at radius 3 is 1.92 bits per heavy atom. The van der Waals surface area contributed by atoms with Crippen molar-refractivity contribution in [3.63, 3.8) is 0 Å². The molecule has 6 nitrogen and oxygen atoms in total. The zero-order valence-electron chi connectivity index (χ0n) is 14.9. The molecule has 1 rings (SSSR count). The van der Waals surface area contributed by atoms with Crippen molar-refractivity contribution in [3.8, 4) is 0 Å². The average Bonchev–Trinajstić information content (AvgIpc) is 2.58. The number of nitrogens with zero attached hydrogens (tertiary/aromatic N) is 6. The van der Waals surface area contributed by atoms with Crippen molar-refractivity contribution in [2.75, 3.05) is 0 Å². The Morgan fingerprint density at radius 2 is 1.42 bits per heavy atom. The Hall–Kier alpha value is -2.16. The van der Waals surface area contributed by atoms with Crippen LogP contribution in [0.15, 0.2) is 38.7 Å². The number of hydrogen-bond donors (Lipinski definition) is 0. The fraction of sp³-hybridized carbons (Fsp3) is 0.667. The monoisotopic (exact) mass is 328 g/mol. The predicted molar refractivity (Wildman–Crippen MR) is 99.4 cm³/mol. The van der Waals surface area contributed by atoms with E-state index in [4.69, 9.17) is 10.9 Å². The molecule has 0 saturated heterocycles. The fourth-order valence-corrected chi connectivity index (χ4v) is 2.83. The van der Waals surface area contributed by atoms with Crippen LogP contribution in [0, 0.1) is 5.39 Å². The maximum Gasteiger partial charge on any atom is 0.339 e. The van der Waals surface area contributed by atoms with Gasteiger partial charge in [-0.15, -0.1) is 0 Å². The largest absolute Gasteiger partial charge is 0.362 e. The smallest absolute Gasteiger partial charge is 0.339 e. The fourth-order valence-electron chi connectivity index (χ4n) is 2.83. The van der Waals surface area contributed by atoms with Gasteiger partial charge in [-0.1, -0.05) is 58.4 Å². The Bertz CT molecular complexity index is 563. The summed E-state index contributed by atoms with van der Waals surface area (Å²) in [4.78, 5) is 0. The van der Waals surface area contributed by atoms with Gasteiger partial charge in [-0.25, -0.2) is 0 Å². The van der Waals surface area contributed by atoms with E-state index in [0.717, 1.165) is 49.7 Å². The molecular weight excluding hydrogens is 300 g/mol. The van der Waals surface area contributed by atoms with Gasteiger partial charge < -0.3 is 10.6 Å². The molecule has 0 saturated carbocycles. The standard InChI is InChI=1S/C18H28N6/c1-3-5-7-9-11-15-13-18(22-24-20)16(12-10-8-6-4-2)14-17(15)21-23-19/h13-14H,3-12H2,1-2H3/b21-17+,22-18+. The van der Waals surface area contributed by atoms with Crippen molar-refractivity contribution in [3.05, 3.63) is 33.9 Å².